The number of carbonyl (C=O) groups excluding carboxylic acids is 1. The van der Waals surface area contributed by atoms with Crippen molar-refractivity contribution in [1.82, 2.24) is 15.3 Å². The largest absolute Gasteiger partial charge is 0.384 e. The fourth-order valence-corrected chi connectivity index (χ4v) is 3.18. The van der Waals surface area contributed by atoms with Gasteiger partial charge < -0.3 is 16.0 Å². The lowest BCUT2D eigenvalue weighted by atomic mass is 10.2. The van der Waals surface area contributed by atoms with E-state index >= 15 is 0 Å². The van der Waals surface area contributed by atoms with Crippen LogP contribution in [0.25, 0.3) is 0 Å². The van der Waals surface area contributed by atoms with Crippen LogP contribution in [0.1, 0.15) is 18.2 Å². The van der Waals surface area contributed by atoms with E-state index in [1.165, 1.54) is 23.0 Å². The minimum absolute atomic E-state index is 0.0334. The Bertz CT molecular complexity index is 702. The van der Waals surface area contributed by atoms with Gasteiger partial charge in [-0.05, 0) is 38.5 Å². The van der Waals surface area contributed by atoms with Gasteiger partial charge in [-0.15, -0.1) is 0 Å². The van der Waals surface area contributed by atoms with Gasteiger partial charge in [0.1, 0.15) is 5.82 Å². The molecule has 0 aliphatic heterocycles. The molecular formula is C18H25N5OS. The summed E-state index contributed by atoms with van der Waals surface area (Å²) < 4.78 is 0. The van der Waals surface area contributed by atoms with Crippen LogP contribution in [0.15, 0.2) is 35.5 Å². The number of nitrogens with zero attached hydrogens (tertiary/aromatic N) is 3. The van der Waals surface area contributed by atoms with Crippen molar-refractivity contribution in [3.05, 3.63) is 41.6 Å². The molecule has 0 saturated carbocycles. The monoisotopic (exact) mass is 359 g/mol. The Morgan fingerprint density at radius 1 is 1.28 bits per heavy atom. The first kappa shape index (κ1) is 19.1. The highest BCUT2D eigenvalue weighted by Gasteiger charge is 2.08. The smallest absolute Gasteiger partial charge is 0.230 e. The number of aromatic nitrogens is 2. The second-order valence-corrected chi connectivity index (χ2v) is 6.72. The fourth-order valence-electron chi connectivity index (χ4n) is 2.44. The van der Waals surface area contributed by atoms with E-state index in [-0.39, 0.29) is 11.7 Å². The number of hydrogen-bond donors (Lipinski definition) is 2. The first-order valence-electron chi connectivity index (χ1n) is 8.30. The van der Waals surface area contributed by atoms with E-state index in [9.17, 15) is 4.79 Å². The number of aryl methyl sites for hydroxylation is 2. The van der Waals surface area contributed by atoms with Crippen molar-refractivity contribution >= 4 is 29.2 Å². The average molecular weight is 359 g/mol. The zero-order valence-electron chi connectivity index (χ0n) is 15.0. The lowest BCUT2D eigenvalue weighted by molar-refractivity contribution is -0.118. The molecule has 1 aromatic carbocycles. The Hall–Kier alpha value is -2.28. The van der Waals surface area contributed by atoms with E-state index in [2.05, 4.69) is 58.3 Å². The van der Waals surface area contributed by atoms with E-state index < -0.39 is 0 Å². The number of nitrogens with one attached hydrogen (secondary N) is 1. The van der Waals surface area contributed by atoms with Crippen LogP contribution in [0, 0.1) is 13.8 Å². The van der Waals surface area contributed by atoms with Crippen molar-refractivity contribution in [2.45, 2.75) is 25.9 Å². The highest BCUT2D eigenvalue weighted by Crippen LogP contribution is 2.16. The number of nitrogens with two attached hydrogens (primary N) is 1. The lowest BCUT2D eigenvalue weighted by Crippen LogP contribution is -2.35. The topological polar surface area (TPSA) is 84.1 Å². The molecule has 0 radical (unpaired) electrons. The quantitative estimate of drug-likeness (QED) is 0.556. The summed E-state index contributed by atoms with van der Waals surface area (Å²) in [6, 6.07) is 10.1. The molecule has 25 heavy (non-hydrogen) atoms. The van der Waals surface area contributed by atoms with Crippen molar-refractivity contribution in [2.75, 3.05) is 36.0 Å². The summed E-state index contributed by atoms with van der Waals surface area (Å²) in [4.78, 5) is 22.6. The standard InChI is InChI=1S/C18H25N5OS/c1-4-23(15-7-5-6-13(2)10-15)9-8-20-17(24)12-25-18-21-14(3)11-16(19)22-18/h5-7,10-11H,4,8-9,12H2,1-3H3,(H,20,24)(H2,19,21,22). The third-order valence-corrected chi connectivity index (χ3v) is 4.49. The second kappa shape index (κ2) is 9.27. The number of amides is 1. The van der Waals surface area contributed by atoms with Gasteiger partial charge in [0.2, 0.25) is 5.91 Å². The van der Waals surface area contributed by atoms with E-state index in [1.54, 1.807) is 6.07 Å². The molecule has 1 heterocycles. The number of thioether (sulfide) groups is 1. The van der Waals surface area contributed by atoms with Gasteiger partial charge in [-0.1, -0.05) is 23.9 Å². The van der Waals surface area contributed by atoms with Crippen LogP contribution in [-0.4, -0.2) is 41.3 Å². The number of hydrogen-bond acceptors (Lipinski definition) is 6. The minimum Gasteiger partial charge on any atom is -0.384 e. The molecule has 0 unspecified atom stereocenters. The number of benzene rings is 1. The number of rotatable bonds is 8. The van der Waals surface area contributed by atoms with Gasteiger partial charge in [0.15, 0.2) is 5.16 Å². The zero-order valence-corrected chi connectivity index (χ0v) is 15.8. The zero-order chi connectivity index (χ0) is 18.2. The second-order valence-electron chi connectivity index (χ2n) is 5.77. The molecule has 0 aliphatic rings. The maximum Gasteiger partial charge on any atom is 0.230 e. The van der Waals surface area contributed by atoms with Gasteiger partial charge in [-0.25, -0.2) is 9.97 Å². The average Bonchev–Trinajstić information content (AvgIpc) is 2.56. The minimum atomic E-state index is -0.0334. The van der Waals surface area contributed by atoms with E-state index in [1.807, 2.05) is 6.92 Å². The van der Waals surface area contributed by atoms with Gasteiger partial charge in [0.25, 0.3) is 0 Å². The summed E-state index contributed by atoms with van der Waals surface area (Å²) in [6.07, 6.45) is 0. The molecule has 2 aromatic rings. The molecule has 0 bridgehead atoms. The summed E-state index contributed by atoms with van der Waals surface area (Å²) in [6.45, 7) is 8.30. The molecule has 0 saturated heterocycles. The number of anilines is 2. The van der Waals surface area contributed by atoms with Crippen molar-refractivity contribution in [1.29, 1.82) is 0 Å². The fraction of sp³-hybridized carbons (Fsp3) is 0.389. The number of likely N-dealkylation sites (N-methyl/N-ethyl adjacent to an activating group) is 1. The Balaban J connectivity index is 1.77. The predicted molar refractivity (Wildman–Crippen MR) is 104 cm³/mol. The predicted octanol–water partition coefficient (Wildman–Crippen LogP) is 2.41. The van der Waals surface area contributed by atoms with Crippen LogP contribution in [0.2, 0.25) is 0 Å². The molecule has 0 fully saturated rings. The molecular weight excluding hydrogens is 334 g/mol. The Morgan fingerprint density at radius 2 is 2.08 bits per heavy atom. The van der Waals surface area contributed by atoms with Crippen molar-refractivity contribution in [3.8, 4) is 0 Å². The summed E-state index contributed by atoms with van der Waals surface area (Å²) in [5.74, 6) is 0.667. The molecule has 1 amide bonds. The molecule has 0 spiro atoms. The molecule has 7 heteroatoms. The maximum absolute atomic E-state index is 12.0. The van der Waals surface area contributed by atoms with Crippen LogP contribution < -0.4 is 16.0 Å². The normalized spacial score (nSPS) is 10.5. The Labute approximate surface area is 153 Å². The van der Waals surface area contributed by atoms with Gasteiger partial charge in [-0.3, -0.25) is 4.79 Å². The Kier molecular flexibility index (Phi) is 7.06. The SMILES string of the molecule is CCN(CCNC(=O)CSc1nc(C)cc(N)n1)c1cccc(C)c1. The third kappa shape index (κ3) is 6.26. The van der Waals surface area contributed by atoms with E-state index in [0.717, 1.165) is 18.8 Å². The summed E-state index contributed by atoms with van der Waals surface area (Å²) in [5, 5.41) is 3.47. The number of carbonyl (C=O) groups is 1. The molecule has 3 N–H and O–H groups in total. The number of nitrogen functional groups attached to an aromatic ring is 1. The first-order valence-corrected chi connectivity index (χ1v) is 9.28. The van der Waals surface area contributed by atoms with E-state index in [4.69, 9.17) is 5.73 Å². The van der Waals surface area contributed by atoms with Crippen molar-refractivity contribution < 1.29 is 4.79 Å². The molecule has 6 nitrogen and oxygen atoms in total. The maximum atomic E-state index is 12.0. The van der Waals surface area contributed by atoms with Gasteiger partial charge in [-0.2, -0.15) is 0 Å². The van der Waals surface area contributed by atoms with Crippen molar-refractivity contribution in [2.24, 2.45) is 0 Å². The van der Waals surface area contributed by atoms with Crippen molar-refractivity contribution in [3.63, 3.8) is 0 Å². The van der Waals surface area contributed by atoms with Crippen LogP contribution in [0.4, 0.5) is 11.5 Å². The van der Waals surface area contributed by atoms with Crippen LogP contribution in [0.3, 0.4) is 0 Å². The summed E-state index contributed by atoms with van der Waals surface area (Å²) in [7, 11) is 0. The van der Waals surface area contributed by atoms with Crippen LogP contribution >= 0.6 is 11.8 Å². The molecule has 1 aromatic heterocycles. The summed E-state index contributed by atoms with van der Waals surface area (Å²) >= 11 is 1.29. The lowest BCUT2D eigenvalue weighted by Gasteiger charge is -2.23. The highest BCUT2D eigenvalue weighted by molar-refractivity contribution is 7.99. The van der Waals surface area contributed by atoms with Gasteiger partial charge in [0, 0.05) is 37.1 Å². The Morgan fingerprint density at radius 3 is 2.76 bits per heavy atom. The van der Waals surface area contributed by atoms with Gasteiger partial charge in [0.05, 0.1) is 5.75 Å². The summed E-state index contributed by atoms with van der Waals surface area (Å²) in [5.41, 5.74) is 8.89. The molecule has 2 rings (SSSR count). The van der Waals surface area contributed by atoms with Crippen LogP contribution in [-0.2, 0) is 4.79 Å². The van der Waals surface area contributed by atoms with Crippen LogP contribution in [0.5, 0.6) is 0 Å². The molecule has 0 atom stereocenters. The van der Waals surface area contributed by atoms with E-state index in [0.29, 0.717) is 17.5 Å². The first-order chi connectivity index (χ1) is 12.0. The molecule has 0 aliphatic carbocycles. The highest BCUT2D eigenvalue weighted by atomic mass is 32.2. The third-order valence-electron chi connectivity index (χ3n) is 3.64. The molecule has 134 valence electrons. The van der Waals surface area contributed by atoms with Gasteiger partial charge >= 0.3 is 0 Å².